The van der Waals surface area contributed by atoms with Crippen LogP contribution in [0.2, 0.25) is 0 Å². The van der Waals surface area contributed by atoms with Gasteiger partial charge in [0.1, 0.15) is 5.82 Å². The second kappa shape index (κ2) is 6.78. The third kappa shape index (κ3) is 3.46. The fraction of sp³-hybridized carbons (Fsp3) is 0.353. The van der Waals surface area contributed by atoms with Crippen LogP contribution in [-0.4, -0.2) is 36.1 Å². The Balaban J connectivity index is 1.95. The maximum absolute atomic E-state index is 13.2. The second-order valence-corrected chi connectivity index (χ2v) is 5.35. The molecule has 4 heteroatoms. The first-order valence-corrected chi connectivity index (χ1v) is 7.46. The van der Waals surface area contributed by atoms with Crippen LogP contribution in [0, 0.1) is 5.82 Å². The van der Waals surface area contributed by atoms with Gasteiger partial charge in [0, 0.05) is 25.8 Å². The van der Waals surface area contributed by atoms with Gasteiger partial charge in [-0.15, -0.1) is 0 Å². The summed E-state index contributed by atoms with van der Waals surface area (Å²) in [4.78, 5) is 6.95. The maximum Gasteiger partial charge on any atom is 0.123 e. The third-order valence-corrected chi connectivity index (χ3v) is 3.89. The summed E-state index contributed by atoms with van der Waals surface area (Å²) in [5.41, 5.74) is 2.11. The van der Waals surface area contributed by atoms with Crippen molar-refractivity contribution >= 4 is 0 Å². The molecular formula is C17H20FN3. The predicted octanol–water partition coefficient (Wildman–Crippen LogP) is 2.61. The van der Waals surface area contributed by atoms with Crippen LogP contribution in [-0.2, 0) is 0 Å². The molecule has 0 amide bonds. The smallest absolute Gasteiger partial charge is 0.123 e. The first-order valence-electron chi connectivity index (χ1n) is 7.46. The highest BCUT2D eigenvalue weighted by Gasteiger charge is 2.24. The largest absolute Gasteiger partial charge is 0.315 e. The van der Waals surface area contributed by atoms with Crippen LogP contribution < -0.4 is 5.32 Å². The van der Waals surface area contributed by atoms with Gasteiger partial charge in [0.05, 0.1) is 11.7 Å². The Morgan fingerprint density at radius 3 is 2.67 bits per heavy atom. The van der Waals surface area contributed by atoms with E-state index in [2.05, 4.69) is 15.2 Å². The molecule has 3 nitrogen and oxygen atoms in total. The van der Waals surface area contributed by atoms with Gasteiger partial charge in [-0.25, -0.2) is 4.39 Å². The summed E-state index contributed by atoms with van der Waals surface area (Å²) >= 11 is 0. The van der Waals surface area contributed by atoms with Crippen LogP contribution in [0.3, 0.4) is 0 Å². The molecule has 2 aromatic rings. The molecule has 1 unspecified atom stereocenters. The number of nitrogens with zero attached hydrogens (tertiary/aromatic N) is 2. The highest BCUT2D eigenvalue weighted by molar-refractivity contribution is 5.28. The van der Waals surface area contributed by atoms with Crippen molar-refractivity contribution in [3.63, 3.8) is 0 Å². The first kappa shape index (κ1) is 14.2. The average molecular weight is 285 g/mol. The molecule has 3 rings (SSSR count). The number of rotatable bonds is 3. The summed E-state index contributed by atoms with van der Waals surface area (Å²) in [7, 11) is 0. The summed E-state index contributed by atoms with van der Waals surface area (Å²) < 4.78 is 13.2. The molecule has 1 aromatic heterocycles. The lowest BCUT2D eigenvalue weighted by Crippen LogP contribution is -2.33. The van der Waals surface area contributed by atoms with Crippen molar-refractivity contribution < 1.29 is 4.39 Å². The number of halogens is 1. The summed E-state index contributed by atoms with van der Waals surface area (Å²) in [6, 6.07) is 12.9. The summed E-state index contributed by atoms with van der Waals surface area (Å²) in [5.74, 6) is -0.198. The molecule has 1 atom stereocenters. The van der Waals surface area contributed by atoms with Crippen molar-refractivity contribution in [2.24, 2.45) is 0 Å². The highest BCUT2D eigenvalue weighted by atomic mass is 19.1. The third-order valence-electron chi connectivity index (χ3n) is 3.89. The maximum atomic E-state index is 13.2. The van der Waals surface area contributed by atoms with E-state index in [1.165, 1.54) is 12.1 Å². The molecule has 0 saturated carbocycles. The molecule has 110 valence electrons. The van der Waals surface area contributed by atoms with Crippen molar-refractivity contribution in [1.29, 1.82) is 0 Å². The summed E-state index contributed by atoms with van der Waals surface area (Å²) in [6.07, 6.45) is 2.94. The van der Waals surface area contributed by atoms with Crippen LogP contribution in [0.15, 0.2) is 48.7 Å². The molecule has 1 aromatic carbocycles. The first-order chi connectivity index (χ1) is 10.3. The van der Waals surface area contributed by atoms with E-state index in [1.807, 2.05) is 36.5 Å². The van der Waals surface area contributed by atoms with Crippen LogP contribution in [0.25, 0.3) is 0 Å². The second-order valence-electron chi connectivity index (χ2n) is 5.35. The number of aromatic nitrogens is 1. The van der Waals surface area contributed by atoms with E-state index in [9.17, 15) is 4.39 Å². The summed E-state index contributed by atoms with van der Waals surface area (Å²) in [5, 5.41) is 3.42. The van der Waals surface area contributed by atoms with Gasteiger partial charge in [-0.3, -0.25) is 9.88 Å². The molecular weight excluding hydrogens is 265 g/mol. The minimum atomic E-state index is -0.198. The standard InChI is InChI=1S/C17H20FN3/c18-15-7-5-14(6-8-15)17(16-4-1-2-10-20-16)21-12-3-9-19-11-13-21/h1-2,4-8,10,17,19H,3,9,11-13H2. The molecule has 1 saturated heterocycles. The van der Waals surface area contributed by atoms with E-state index in [4.69, 9.17) is 0 Å². The number of pyridine rings is 1. The van der Waals surface area contributed by atoms with Crippen molar-refractivity contribution in [3.8, 4) is 0 Å². The lowest BCUT2D eigenvalue weighted by molar-refractivity contribution is 0.237. The minimum Gasteiger partial charge on any atom is -0.315 e. The molecule has 21 heavy (non-hydrogen) atoms. The van der Waals surface area contributed by atoms with Crippen LogP contribution in [0.4, 0.5) is 4.39 Å². The van der Waals surface area contributed by atoms with Crippen molar-refractivity contribution in [2.45, 2.75) is 12.5 Å². The Morgan fingerprint density at radius 1 is 1.05 bits per heavy atom. The monoisotopic (exact) mass is 285 g/mol. The van der Waals surface area contributed by atoms with Crippen LogP contribution in [0.5, 0.6) is 0 Å². The Bertz CT molecular complexity index is 548. The van der Waals surface area contributed by atoms with Gasteiger partial charge < -0.3 is 5.32 Å². The zero-order valence-corrected chi connectivity index (χ0v) is 12.0. The van der Waals surface area contributed by atoms with E-state index < -0.39 is 0 Å². The molecule has 0 bridgehead atoms. The van der Waals surface area contributed by atoms with Crippen LogP contribution >= 0.6 is 0 Å². The molecule has 1 fully saturated rings. The zero-order chi connectivity index (χ0) is 14.5. The lowest BCUT2D eigenvalue weighted by Gasteiger charge is -2.30. The van der Waals surface area contributed by atoms with Crippen LogP contribution in [0.1, 0.15) is 23.7 Å². The van der Waals surface area contributed by atoms with E-state index >= 15 is 0 Å². The lowest BCUT2D eigenvalue weighted by atomic mass is 10.0. The number of hydrogen-bond acceptors (Lipinski definition) is 3. The van der Waals surface area contributed by atoms with Gasteiger partial charge in [-0.05, 0) is 42.8 Å². The Morgan fingerprint density at radius 2 is 1.90 bits per heavy atom. The SMILES string of the molecule is Fc1ccc(C(c2ccccn2)N2CCCNCC2)cc1. The molecule has 1 aliphatic rings. The van der Waals surface area contributed by atoms with Gasteiger partial charge in [0.15, 0.2) is 0 Å². The number of benzene rings is 1. The van der Waals surface area contributed by atoms with E-state index in [-0.39, 0.29) is 11.9 Å². The Labute approximate surface area is 124 Å². The van der Waals surface area contributed by atoms with E-state index in [1.54, 1.807) is 0 Å². The quantitative estimate of drug-likeness (QED) is 0.939. The van der Waals surface area contributed by atoms with Crippen molar-refractivity contribution in [2.75, 3.05) is 26.2 Å². The Kier molecular flexibility index (Phi) is 4.58. The average Bonchev–Trinajstić information content (AvgIpc) is 2.80. The number of nitrogens with one attached hydrogen (secondary N) is 1. The van der Waals surface area contributed by atoms with Crippen molar-refractivity contribution in [1.82, 2.24) is 15.2 Å². The molecule has 1 N–H and O–H groups in total. The molecule has 0 spiro atoms. The fourth-order valence-corrected chi connectivity index (χ4v) is 2.88. The zero-order valence-electron chi connectivity index (χ0n) is 12.0. The normalized spacial score (nSPS) is 18.1. The van der Waals surface area contributed by atoms with Gasteiger partial charge in [-0.2, -0.15) is 0 Å². The molecule has 1 aliphatic heterocycles. The Hall–Kier alpha value is -1.78. The number of hydrogen-bond donors (Lipinski definition) is 1. The molecule has 0 aliphatic carbocycles. The minimum absolute atomic E-state index is 0.0895. The van der Waals surface area contributed by atoms with Gasteiger partial charge >= 0.3 is 0 Å². The fourth-order valence-electron chi connectivity index (χ4n) is 2.88. The van der Waals surface area contributed by atoms with E-state index in [0.717, 1.165) is 43.9 Å². The predicted molar refractivity (Wildman–Crippen MR) is 81.5 cm³/mol. The highest BCUT2D eigenvalue weighted by Crippen LogP contribution is 2.27. The molecule has 2 heterocycles. The van der Waals surface area contributed by atoms with Gasteiger partial charge in [-0.1, -0.05) is 18.2 Å². The van der Waals surface area contributed by atoms with E-state index in [0.29, 0.717) is 0 Å². The van der Waals surface area contributed by atoms with Gasteiger partial charge in [0.2, 0.25) is 0 Å². The van der Waals surface area contributed by atoms with Crippen molar-refractivity contribution in [3.05, 3.63) is 65.7 Å². The van der Waals surface area contributed by atoms with Gasteiger partial charge in [0.25, 0.3) is 0 Å². The molecule has 0 radical (unpaired) electrons. The topological polar surface area (TPSA) is 28.2 Å². The summed E-state index contributed by atoms with van der Waals surface area (Å²) in [6.45, 7) is 4.02.